The Balaban J connectivity index is 2.14. The number of aromatic nitrogens is 2. The zero-order valence-corrected chi connectivity index (χ0v) is 13.3. The number of rotatable bonds is 6. The zero-order valence-electron chi connectivity index (χ0n) is 11.7. The van der Waals surface area contributed by atoms with E-state index in [1.54, 1.807) is 0 Å². The van der Waals surface area contributed by atoms with Crippen LogP contribution in [0.5, 0.6) is 0 Å². The van der Waals surface area contributed by atoms with E-state index in [0.717, 1.165) is 0 Å². The van der Waals surface area contributed by atoms with Crippen molar-refractivity contribution in [3.63, 3.8) is 0 Å². The molecule has 0 spiro atoms. The van der Waals surface area contributed by atoms with E-state index in [1.807, 2.05) is 0 Å². The van der Waals surface area contributed by atoms with Crippen LogP contribution in [0.1, 0.15) is 18.0 Å². The highest BCUT2D eigenvalue weighted by Crippen LogP contribution is 2.17. The van der Waals surface area contributed by atoms with E-state index >= 15 is 0 Å². The summed E-state index contributed by atoms with van der Waals surface area (Å²) >= 11 is 5.71. The number of hydrogen-bond donors (Lipinski definition) is 3. The van der Waals surface area contributed by atoms with Gasteiger partial charge in [-0.05, 0) is 24.3 Å². The van der Waals surface area contributed by atoms with Crippen LogP contribution in [0.15, 0.2) is 41.6 Å². The lowest BCUT2D eigenvalue weighted by molar-refractivity contribution is -0.137. The molecule has 122 valence electrons. The minimum absolute atomic E-state index is 0.0113. The third kappa shape index (κ3) is 4.62. The van der Waals surface area contributed by atoms with Crippen LogP contribution >= 0.6 is 11.6 Å². The monoisotopic (exact) mass is 356 g/mol. The Hall–Kier alpha value is -2.23. The van der Waals surface area contributed by atoms with Gasteiger partial charge in [-0.3, -0.25) is 4.79 Å². The first kappa shape index (κ1) is 17.1. The quantitative estimate of drug-likeness (QED) is 0.711. The minimum atomic E-state index is -3.84. The van der Waals surface area contributed by atoms with Gasteiger partial charge in [0, 0.05) is 29.0 Å². The molecule has 0 amide bonds. The van der Waals surface area contributed by atoms with Crippen LogP contribution in [0.2, 0.25) is 5.02 Å². The Morgan fingerprint density at radius 3 is 2.35 bits per heavy atom. The van der Waals surface area contributed by atoms with Crippen LogP contribution in [-0.4, -0.2) is 29.5 Å². The van der Waals surface area contributed by atoms with Crippen molar-refractivity contribution in [2.75, 3.05) is 4.72 Å². The van der Waals surface area contributed by atoms with Gasteiger partial charge in [-0.25, -0.2) is 23.1 Å². The zero-order chi connectivity index (χ0) is 17.0. The van der Waals surface area contributed by atoms with Crippen LogP contribution in [0.3, 0.4) is 0 Å². The summed E-state index contributed by atoms with van der Waals surface area (Å²) in [7, 11) is -3.84. The second-order valence-electron chi connectivity index (χ2n) is 4.60. The highest BCUT2D eigenvalue weighted by atomic mass is 35.5. The smallest absolute Gasteiger partial charge is 0.305 e. The van der Waals surface area contributed by atoms with Gasteiger partial charge in [-0.1, -0.05) is 11.6 Å². The Morgan fingerprint density at radius 1 is 1.26 bits per heavy atom. The van der Waals surface area contributed by atoms with E-state index in [0.29, 0.717) is 10.6 Å². The van der Waals surface area contributed by atoms with E-state index in [4.69, 9.17) is 22.4 Å². The molecule has 0 aliphatic rings. The molecule has 4 N–H and O–H groups in total. The van der Waals surface area contributed by atoms with Gasteiger partial charge in [0.15, 0.2) is 0 Å². The van der Waals surface area contributed by atoms with E-state index in [9.17, 15) is 13.2 Å². The van der Waals surface area contributed by atoms with Crippen molar-refractivity contribution in [2.45, 2.75) is 17.4 Å². The fraction of sp³-hybridized carbons (Fsp3) is 0.154. The molecule has 2 aromatic rings. The summed E-state index contributed by atoms with van der Waals surface area (Å²) in [5.41, 5.74) is 6.06. The molecule has 1 heterocycles. The number of nitrogens with two attached hydrogens (primary N) is 1. The van der Waals surface area contributed by atoms with Gasteiger partial charge >= 0.3 is 5.97 Å². The van der Waals surface area contributed by atoms with Crippen LogP contribution < -0.4 is 10.5 Å². The van der Waals surface area contributed by atoms with Crippen molar-refractivity contribution >= 4 is 33.5 Å². The predicted molar refractivity (Wildman–Crippen MR) is 83.5 cm³/mol. The SMILES string of the molecule is N[C@H](CC(=O)O)c1cnc(NS(=O)(=O)c2ccc(Cl)cc2)nc1. The van der Waals surface area contributed by atoms with Gasteiger partial charge in [-0.15, -0.1) is 0 Å². The van der Waals surface area contributed by atoms with Crippen LogP contribution in [-0.2, 0) is 14.8 Å². The molecular weight excluding hydrogens is 344 g/mol. The largest absolute Gasteiger partial charge is 0.481 e. The number of nitrogens with one attached hydrogen (secondary N) is 1. The van der Waals surface area contributed by atoms with Gasteiger partial charge in [-0.2, -0.15) is 0 Å². The lowest BCUT2D eigenvalue weighted by Crippen LogP contribution is -2.17. The van der Waals surface area contributed by atoms with E-state index < -0.39 is 22.0 Å². The molecule has 0 radical (unpaired) electrons. The summed E-state index contributed by atoms with van der Waals surface area (Å²) in [4.78, 5) is 18.3. The molecule has 0 saturated heterocycles. The van der Waals surface area contributed by atoms with Crippen LogP contribution in [0.4, 0.5) is 5.95 Å². The van der Waals surface area contributed by atoms with Crippen molar-refractivity contribution < 1.29 is 18.3 Å². The number of carbonyl (C=O) groups is 1. The number of aliphatic carboxylic acids is 1. The molecular formula is C13H13ClN4O4S. The van der Waals surface area contributed by atoms with Crippen molar-refractivity contribution in [3.8, 4) is 0 Å². The van der Waals surface area contributed by atoms with Crippen molar-refractivity contribution in [2.24, 2.45) is 5.73 Å². The second-order valence-corrected chi connectivity index (χ2v) is 6.72. The molecule has 23 heavy (non-hydrogen) atoms. The van der Waals surface area contributed by atoms with Gasteiger partial charge in [0.2, 0.25) is 5.95 Å². The highest BCUT2D eigenvalue weighted by Gasteiger charge is 2.16. The molecule has 8 nitrogen and oxygen atoms in total. The molecule has 0 unspecified atom stereocenters. The van der Waals surface area contributed by atoms with Crippen LogP contribution in [0.25, 0.3) is 0 Å². The molecule has 0 aliphatic heterocycles. The molecule has 0 fully saturated rings. The Morgan fingerprint density at radius 2 is 1.83 bits per heavy atom. The summed E-state index contributed by atoms with van der Waals surface area (Å²) in [6.07, 6.45) is 2.28. The van der Waals surface area contributed by atoms with Crippen molar-refractivity contribution in [1.29, 1.82) is 0 Å². The Labute approximate surface area is 137 Å². The third-order valence-corrected chi connectivity index (χ3v) is 4.44. The maximum absolute atomic E-state index is 12.1. The van der Waals surface area contributed by atoms with Gasteiger partial charge in [0.05, 0.1) is 11.3 Å². The first-order valence-corrected chi connectivity index (χ1v) is 8.22. The summed E-state index contributed by atoms with van der Waals surface area (Å²) in [6, 6.07) is 4.83. The van der Waals surface area contributed by atoms with Crippen LogP contribution in [0, 0.1) is 0 Å². The molecule has 0 aliphatic carbocycles. The predicted octanol–water partition coefficient (Wildman–Crippen LogP) is 1.41. The average Bonchev–Trinajstić information content (AvgIpc) is 2.47. The summed E-state index contributed by atoms with van der Waals surface area (Å²) < 4.78 is 26.5. The average molecular weight is 357 g/mol. The number of carboxylic acid groups (broad SMARTS) is 1. The van der Waals surface area contributed by atoms with E-state index in [1.165, 1.54) is 36.7 Å². The Bertz CT molecular complexity index is 794. The number of halogens is 1. The first-order chi connectivity index (χ1) is 10.8. The fourth-order valence-electron chi connectivity index (χ4n) is 1.68. The Kier molecular flexibility index (Phi) is 5.14. The van der Waals surface area contributed by atoms with Gasteiger partial charge in [0.25, 0.3) is 10.0 Å². The highest BCUT2D eigenvalue weighted by molar-refractivity contribution is 7.92. The topological polar surface area (TPSA) is 135 Å². The summed E-state index contributed by atoms with van der Waals surface area (Å²) in [6.45, 7) is 0. The maximum atomic E-state index is 12.1. The number of nitrogens with zero attached hydrogens (tertiary/aromatic N) is 2. The number of hydrogen-bond acceptors (Lipinski definition) is 6. The van der Waals surface area contributed by atoms with Gasteiger partial charge < -0.3 is 10.8 Å². The molecule has 0 saturated carbocycles. The normalized spacial score (nSPS) is 12.6. The van der Waals surface area contributed by atoms with Crippen molar-refractivity contribution in [3.05, 3.63) is 47.2 Å². The van der Waals surface area contributed by atoms with Gasteiger partial charge in [0.1, 0.15) is 0 Å². The lowest BCUT2D eigenvalue weighted by atomic mass is 10.1. The number of carboxylic acids is 1. The fourth-order valence-corrected chi connectivity index (χ4v) is 2.77. The van der Waals surface area contributed by atoms with E-state index in [2.05, 4.69) is 14.7 Å². The molecule has 2 rings (SSSR count). The number of sulfonamides is 1. The molecule has 1 atom stereocenters. The second kappa shape index (κ2) is 6.90. The summed E-state index contributed by atoms with van der Waals surface area (Å²) in [5.74, 6) is -1.20. The maximum Gasteiger partial charge on any atom is 0.305 e. The minimum Gasteiger partial charge on any atom is -0.481 e. The molecule has 10 heteroatoms. The molecule has 1 aromatic carbocycles. The number of anilines is 1. The number of benzene rings is 1. The van der Waals surface area contributed by atoms with E-state index in [-0.39, 0.29) is 17.3 Å². The first-order valence-electron chi connectivity index (χ1n) is 6.35. The lowest BCUT2D eigenvalue weighted by Gasteiger charge is -2.10. The van der Waals surface area contributed by atoms with Crippen molar-refractivity contribution in [1.82, 2.24) is 9.97 Å². The third-order valence-electron chi connectivity index (χ3n) is 2.84. The molecule has 1 aromatic heterocycles. The molecule has 0 bridgehead atoms. The standard InChI is InChI=1S/C13H13ClN4O4S/c14-9-1-3-10(4-2-9)23(21,22)18-13-16-6-8(7-17-13)11(15)5-12(19)20/h1-4,6-7,11H,5,15H2,(H,19,20)(H,16,17,18)/t11-/m1/s1. The summed E-state index contributed by atoms with van der Waals surface area (Å²) in [5, 5.41) is 9.09.